The van der Waals surface area contributed by atoms with Gasteiger partial charge in [-0.25, -0.2) is 0 Å². The molecule has 0 unspecified atom stereocenters. The molecule has 0 aromatic heterocycles. The maximum absolute atomic E-state index is 12.7. The topological polar surface area (TPSA) is 50.8 Å². The zero-order valence-corrected chi connectivity index (χ0v) is 12.5. The summed E-state index contributed by atoms with van der Waals surface area (Å²) in [6.07, 6.45) is 0. The summed E-state index contributed by atoms with van der Waals surface area (Å²) in [7, 11) is 3.16. The molecule has 1 aromatic carbocycles. The van der Waals surface area contributed by atoms with Crippen molar-refractivity contribution in [2.75, 3.05) is 33.9 Å². The number of nitrogens with zero attached hydrogens (tertiary/aromatic N) is 1. The van der Waals surface area contributed by atoms with Crippen molar-refractivity contribution < 1.29 is 14.3 Å². The van der Waals surface area contributed by atoms with Crippen LogP contribution in [-0.2, 0) is 0 Å². The molecule has 0 atom stereocenters. The quantitative estimate of drug-likeness (QED) is 0.911. The number of carbonyl (C=O) groups excluding carboxylic acids is 1. The molecule has 1 N–H and O–H groups in total. The summed E-state index contributed by atoms with van der Waals surface area (Å²) in [6, 6.07) is 5.27. The normalized spacial score (nSPS) is 17.7. The summed E-state index contributed by atoms with van der Waals surface area (Å²) in [5.41, 5.74) is 0.391. The van der Waals surface area contributed by atoms with Crippen LogP contribution in [0.15, 0.2) is 18.2 Å². The van der Waals surface area contributed by atoms with Gasteiger partial charge in [-0.2, -0.15) is 0 Å². The first kappa shape index (κ1) is 14.7. The molecule has 1 fully saturated rings. The molecule has 1 aliphatic rings. The predicted molar refractivity (Wildman–Crippen MR) is 77.5 cm³/mol. The van der Waals surface area contributed by atoms with Crippen LogP contribution in [0.2, 0.25) is 0 Å². The standard InChI is InChI=1S/C15H22N2O3/c1-15(2)10-16-5-6-17(15)14(18)11-7-12(19-3)9-13(8-11)20-4/h7-9,16H,5-6,10H2,1-4H3. The Morgan fingerprint density at radius 3 is 2.30 bits per heavy atom. The SMILES string of the molecule is COc1cc(OC)cc(C(=O)N2CCNCC2(C)C)c1. The number of ether oxygens (including phenoxy) is 2. The first-order valence-electron chi connectivity index (χ1n) is 6.74. The lowest BCUT2D eigenvalue weighted by Crippen LogP contribution is -2.59. The molecular formula is C15H22N2O3. The maximum atomic E-state index is 12.7. The molecule has 20 heavy (non-hydrogen) atoms. The lowest BCUT2D eigenvalue weighted by Gasteiger charge is -2.42. The Hall–Kier alpha value is -1.75. The average Bonchev–Trinajstić information content (AvgIpc) is 2.45. The van der Waals surface area contributed by atoms with Crippen LogP contribution in [0.4, 0.5) is 0 Å². The molecule has 1 aromatic rings. The minimum absolute atomic E-state index is 0.00806. The van der Waals surface area contributed by atoms with Crippen molar-refractivity contribution in [3.05, 3.63) is 23.8 Å². The van der Waals surface area contributed by atoms with Crippen molar-refractivity contribution in [2.45, 2.75) is 19.4 Å². The van der Waals surface area contributed by atoms with E-state index in [1.807, 2.05) is 4.90 Å². The van der Waals surface area contributed by atoms with Gasteiger partial charge in [0.05, 0.1) is 19.8 Å². The summed E-state index contributed by atoms with van der Waals surface area (Å²) in [5, 5.41) is 3.31. The Labute approximate surface area is 119 Å². The first-order chi connectivity index (χ1) is 9.47. The fraction of sp³-hybridized carbons (Fsp3) is 0.533. The Balaban J connectivity index is 2.32. The van der Waals surface area contributed by atoms with Gasteiger partial charge < -0.3 is 19.7 Å². The second-order valence-electron chi connectivity index (χ2n) is 5.55. The van der Waals surface area contributed by atoms with Crippen LogP contribution in [0.1, 0.15) is 24.2 Å². The van der Waals surface area contributed by atoms with Crippen molar-refractivity contribution in [2.24, 2.45) is 0 Å². The van der Waals surface area contributed by atoms with Crippen LogP contribution < -0.4 is 14.8 Å². The summed E-state index contributed by atoms with van der Waals surface area (Å²) >= 11 is 0. The summed E-state index contributed by atoms with van der Waals surface area (Å²) < 4.78 is 10.4. The van der Waals surface area contributed by atoms with Crippen LogP contribution in [0.3, 0.4) is 0 Å². The monoisotopic (exact) mass is 278 g/mol. The number of carbonyl (C=O) groups is 1. The van der Waals surface area contributed by atoms with Gasteiger partial charge in [-0.05, 0) is 26.0 Å². The van der Waals surface area contributed by atoms with Gasteiger partial charge in [-0.1, -0.05) is 0 Å². The van der Waals surface area contributed by atoms with E-state index >= 15 is 0 Å². The van der Waals surface area contributed by atoms with Gasteiger partial charge in [-0.15, -0.1) is 0 Å². The lowest BCUT2D eigenvalue weighted by atomic mass is 9.98. The molecule has 0 radical (unpaired) electrons. The molecular weight excluding hydrogens is 256 g/mol. The highest BCUT2D eigenvalue weighted by Gasteiger charge is 2.33. The van der Waals surface area contributed by atoms with Gasteiger partial charge >= 0.3 is 0 Å². The van der Waals surface area contributed by atoms with E-state index in [-0.39, 0.29) is 11.4 Å². The van der Waals surface area contributed by atoms with Crippen molar-refractivity contribution >= 4 is 5.91 Å². The molecule has 5 nitrogen and oxygen atoms in total. The molecule has 1 saturated heterocycles. The number of nitrogens with one attached hydrogen (secondary N) is 1. The van der Waals surface area contributed by atoms with E-state index in [1.165, 1.54) is 0 Å². The van der Waals surface area contributed by atoms with Gasteiger partial charge in [0, 0.05) is 31.3 Å². The van der Waals surface area contributed by atoms with Gasteiger partial charge in [0.2, 0.25) is 0 Å². The van der Waals surface area contributed by atoms with Gasteiger partial charge in [0.15, 0.2) is 0 Å². The Morgan fingerprint density at radius 1 is 1.20 bits per heavy atom. The molecule has 110 valence electrons. The van der Waals surface area contributed by atoms with E-state index in [1.54, 1.807) is 32.4 Å². The summed E-state index contributed by atoms with van der Waals surface area (Å²) in [4.78, 5) is 14.6. The molecule has 0 aliphatic carbocycles. The molecule has 0 bridgehead atoms. The van der Waals surface area contributed by atoms with E-state index < -0.39 is 0 Å². The van der Waals surface area contributed by atoms with Gasteiger partial charge in [0.1, 0.15) is 11.5 Å². The van der Waals surface area contributed by atoms with Crippen LogP contribution in [0.25, 0.3) is 0 Å². The minimum atomic E-state index is -0.203. The predicted octanol–water partition coefficient (Wildman–Crippen LogP) is 1.53. The Morgan fingerprint density at radius 2 is 1.80 bits per heavy atom. The largest absolute Gasteiger partial charge is 0.497 e. The molecule has 1 aliphatic heterocycles. The van der Waals surface area contributed by atoms with Gasteiger partial charge in [0.25, 0.3) is 5.91 Å². The smallest absolute Gasteiger partial charge is 0.254 e. The van der Waals surface area contributed by atoms with E-state index in [4.69, 9.17) is 9.47 Å². The number of rotatable bonds is 3. The van der Waals surface area contributed by atoms with Crippen molar-refractivity contribution in [3.63, 3.8) is 0 Å². The third-order valence-electron chi connectivity index (χ3n) is 3.64. The van der Waals surface area contributed by atoms with Crippen molar-refractivity contribution in [1.82, 2.24) is 10.2 Å². The number of hydrogen-bond donors (Lipinski definition) is 1. The highest BCUT2D eigenvalue weighted by atomic mass is 16.5. The second-order valence-corrected chi connectivity index (χ2v) is 5.55. The molecule has 1 amide bonds. The average molecular weight is 278 g/mol. The van der Waals surface area contributed by atoms with Crippen LogP contribution in [-0.4, -0.2) is 50.2 Å². The summed E-state index contributed by atoms with van der Waals surface area (Å²) in [5.74, 6) is 1.26. The molecule has 0 saturated carbocycles. The lowest BCUT2D eigenvalue weighted by molar-refractivity contribution is 0.0477. The zero-order chi connectivity index (χ0) is 14.8. The highest BCUT2D eigenvalue weighted by Crippen LogP contribution is 2.26. The minimum Gasteiger partial charge on any atom is -0.497 e. The molecule has 0 spiro atoms. The third-order valence-corrected chi connectivity index (χ3v) is 3.64. The van der Waals surface area contributed by atoms with E-state index in [9.17, 15) is 4.79 Å². The van der Waals surface area contributed by atoms with Crippen LogP contribution in [0, 0.1) is 0 Å². The van der Waals surface area contributed by atoms with E-state index in [0.29, 0.717) is 23.6 Å². The Kier molecular flexibility index (Phi) is 4.18. The van der Waals surface area contributed by atoms with Gasteiger partial charge in [-0.3, -0.25) is 4.79 Å². The Bertz CT molecular complexity index is 478. The third kappa shape index (κ3) is 2.88. The number of piperazine rings is 1. The number of hydrogen-bond acceptors (Lipinski definition) is 4. The van der Waals surface area contributed by atoms with Crippen LogP contribution in [0.5, 0.6) is 11.5 Å². The fourth-order valence-electron chi connectivity index (χ4n) is 2.45. The van der Waals surface area contributed by atoms with Crippen molar-refractivity contribution in [3.8, 4) is 11.5 Å². The van der Waals surface area contributed by atoms with E-state index in [0.717, 1.165) is 13.1 Å². The number of benzene rings is 1. The number of methoxy groups -OCH3 is 2. The summed E-state index contributed by atoms with van der Waals surface area (Å²) in [6.45, 7) is 6.43. The maximum Gasteiger partial charge on any atom is 0.254 e. The second kappa shape index (κ2) is 5.71. The van der Waals surface area contributed by atoms with Crippen LogP contribution >= 0.6 is 0 Å². The first-order valence-corrected chi connectivity index (χ1v) is 6.74. The van der Waals surface area contributed by atoms with Crippen molar-refractivity contribution in [1.29, 1.82) is 0 Å². The zero-order valence-electron chi connectivity index (χ0n) is 12.5. The molecule has 1 heterocycles. The molecule has 5 heteroatoms. The molecule has 2 rings (SSSR count). The number of amides is 1. The van der Waals surface area contributed by atoms with E-state index in [2.05, 4.69) is 19.2 Å². The fourth-order valence-corrected chi connectivity index (χ4v) is 2.45. The highest BCUT2D eigenvalue weighted by molar-refractivity contribution is 5.95.